The number of unbranched alkanes of at least 4 members (excludes halogenated alkanes) is 1. The quantitative estimate of drug-likeness (QED) is 0.833. The average molecular weight is 406 g/mol. The van der Waals surface area contributed by atoms with Gasteiger partial charge in [-0.05, 0) is 36.6 Å². The van der Waals surface area contributed by atoms with Gasteiger partial charge in [0.05, 0.1) is 0 Å². The van der Waals surface area contributed by atoms with E-state index in [1.165, 1.54) is 4.90 Å². The SMILES string of the molecule is CCCCN1C(=O)C2C(NC3N(c4ccc(Cl)cc4)CC(C)CN23)N(C)C1=O. The summed E-state index contributed by atoms with van der Waals surface area (Å²) in [6, 6.07) is 7.21. The molecule has 0 bridgehead atoms. The Morgan fingerprint density at radius 1 is 1.18 bits per heavy atom. The molecule has 3 fully saturated rings. The van der Waals surface area contributed by atoms with Crippen molar-refractivity contribution in [2.24, 2.45) is 5.92 Å². The molecule has 3 saturated heterocycles. The van der Waals surface area contributed by atoms with Crippen LogP contribution in [0.4, 0.5) is 10.5 Å². The van der Waals surface area contributed by atoms with Crippen molar-refractivity contribution in [2.45, 2.75) is 45.2 Å². The van der Waals surface area contributed by atoms with Gasteiger partial charge < -0.3 is 9.80 Å². The van der Waals surface area contributed by atoms with E-state index in [2.05, 4.69) is 29.0 Å². The predicted molar refractivity (Wildman–Crippen MR) is 109 cm³/mol. The molecule has 152 valence electrons. The van der Waals surface area contributed by atoms with E-state index >= 15 is 0 Å². The van der Waals surface area contributed by atoms with Gasteiger partial charge in [-0.1, -0.05) is 31.9 Å². The van der Waals surface area contributed by atoms with Crippen LogP contribution in [-0.4, -0.2) is 71.8 Å². The minimum atomic E-state index is -0.359. The van der Waals surface area contributed by atoms with Crippen LogP contribution in [-0.2, 0) is 4.79 Å². The van der Waals surface area contributed by atoms with Gasteiger partial charge >= 0.3 is 6.03 Å². The van der Waals surface area contributed by atoms with Crippen LogP contribution in [0, 0.1) is 5.92 Å². The highest BCUT2D eigenvalue weighted by atomic mass is 35.5. The number of amides is 3. The zero-order chi connectivity index (χ0) is 20.0. The molecule has 1 aromatic carbocycles. The Morgan fingerprint density at radius 2 is 1.89 bits per heavy atom. The first kappa shape index (κ1) is 19.5. The minimum absolute atomic E-state index is 0.0818. The van der Waals surface area contributed by atoms with Crippen molar-refractivity contribution in [3.63, 3.8) is 0 Å². The second-order valence-corrected chi connectivity index (χ2v) is 8.53. The molecule has 3 aliphatic heterocycles. The van der Waals surface area contributed by atoms with E-state index in [1.54, 1.807) is 11.9 Å². The number of benzene rings is 1. The van der Waals surface area contributed by atoms with Gasteiger partial charge in [0, 0.05) is 37.4 Å². The molecule has 4 unspecified atom stereocenters. The minimum Gasteiger partial charge on any atom is -0.343 e. The van der Waals surface area contributed by atoms with Gasteiger partial charge in [-0.2, -0.15) is 0 Å². The lowest BCUT2D eigenvalue weighted by molar-refractivity contribution is -0.138. The molecule has 1 aromatic rings. The lowest BCUT2D eigenvalue weighted by Gasteiger charge is -2.46. The monoisotopic (exact) mass is 405 g/mol. The maximum Gasteiger partial charge on any atom is 0.327 e. The molecule has 0 saturated carbocycles. The molecule has 0 spiro atoms. The van der Waals surface area contributed by atoms with E-state index in [4.69, 9.17) is 11.6 Å². The third kappa shape index (κ3) is 3.15. The van der Waals surface area contributed by atoms with Crippen molar-refractivity contribution in [3.05, 3.63) is 29.3 Å². The van der Waals surface area contributed by atoms with E-state index in [-0.39, 0.29) is 30.4 Å². The molecular weight excluding hydrogens is 378 g/mol. The fourth-order valence-corrected chi connectivity index (χ4v) is 4.70. The molecule has 3 aliphatic rings. The van der Waals surface area contributed by atoms with Gasteiger partial charge in [0.25, 0.3) is 5.91 Å². The maximum absolute atomic E-state index is 13.3. The van der Waals surface area contributed by atoms with Crippen molar-refractivity contribution in [3.8, 4) is 0 Å². The summed E-state index contributed by atoms with van der Waals surface area (Å²) >= 11 is 6.06. The smallest absolute Gasteiger partial charge is 0.327 e. The Balaban J connectivity index is 1.65. The van der Waals surface area contributed by atoms with Crippen LogP contribution in [0.1, 0.15) is 26.7 Å². The summed E-state index contributed by atoms with van der Waals surface area (Å²) in [6.07, 6.45) is 1.33. The van der Waals surface area contributed by atoms with Crippen molar-refractivity contribution >= 4 is 29.2 Å². The highest BCUT2D eigenvalue weighted by molar-refractivity contribution is 6.30. The zero-order valence-electron chi connectivity index (χ0n) is 16.6. The van der Waals surface area contributed by atoms with E-state index in [9.17, 15) is 9.59 Å². The molecule has 0 aromatic heterocycles. The topological polar surface area (TPSA) is 59.1 Å². The van der Waals surface area contributed by atoms with Gasteiger partial charge in [0.2, 0.25) is 0 Å². The summed E-state index contributed by atoms with van der Waals surface area (Å²) in [6.45, 7) is 6.44. The number of carbonyl (C=O) groups is 2. The number of fused-ring (bicyclic) bond motifs is 3. The van der Waals surface area contributed by atoms with E-state index < -0.39 is 0 Å². The standard InChI is InChI=1S/C20H28ClN5O2/c1-4-5-10-24-18(27)16-17(23(3)20(24)28)22-19-25(11-13(2)12-26(16)19)15-8-6-14(21)7-9-15/h6-9,13,16-17,19,22H,4-5,10-12H2,1-3H3. The second kappa shape index (κ2) is 7.54. The van der Waals surface area contributed by atoms with Crippen LogP contribution in [0.2, 0.25) is 5.02 Å². The lowest BCUT2D eigenvalue weighted by Crippen LogP contribution is -2.66. The van der Waals surface area contributed by atoms with Crippen LogP contribution >= 0.6 is 11.6 Å². The molecular formula is C20H28ClN5O2. The van der Waals surface area contributed by atoms with Crippen LogP contribution in [0.15, 0.2) is 24.3 Å². The van der Waals surface area contributed by atoms with Crippen molar-refractivity contribution in [2.75, 3.05) is 31.6 Å². The number of anilines is 1. The molecule has 7 nitrogen and oxygen atoms in total. The van der Waals surface area contributed by atoms with Crippen LogP contribution in [0.3, 0.4) is 0 Å². The number of urea groups is 1. The summed E-state index contributed by atoms with van der Waals surface area (Å²) in [5, 5.41) is 4.24. The molecule has 0 radical (unpaired) electrons. The van der Waals surface area contributed by atoms with Gasteiger partial charge in [-0.25, -0.2) is 4.79 Å². The fraction of sp³-hybridized carbons (Fsp3) is 0.600. The second-order valence-electron chi connectivity index (χ2n) is 8.10. The van der Waals surface area contributed by atoms with Gasteiger partial charge in [-0.3, -0.25) is 19.9 Å². The highest BCUT2D eigenvalue weighted by Crippen LogP contribution is 2.34. The summed E-state index contributed by atoms with van der Waals surface area (Å²) in [7, 11) is 1.78. The lowest BCUT2D eigenvalue weighted by atomic mass is 10.0. The predicted octanol–water partition coefficient (Wildman–Crippen LogP) is 2.37. The summed E-state index contributed by atoms with van der Waals surface area (Å²) in [5.41, 5.74) is 1.06. The Kier molecular flexibility index (Phi) is 5.24. The Hall–Kier alpha value is -1.83. The largest absolute Gasteiger partial charge is 0.343 e. The van der Waals surface area contributed by atoms with Crippen LogP contribution < -0.4 is 10.2 Å². The molecule has 0 aliphatic carbocycles. The molecule has 4 rings (SSSR count). The first-order valence-corrected chi connectivity index (χ1v) is 10.4. The molecule has 3 heterocycles. The zero-order valence-corrected chi connectivity index (χ0v) is 17.4. The molecule has 3 amide bonds. The number of hydrogen-bond donors (Lipinski definition) is 1. The number of likely N-dealkylation sites (N-methyl/N-ethyl adjacent to an activating group) is 1. The average Bonchev–Trinajstić information content (AvgIpc) is 3.06. The van der Waals surface area contributed by atoms with Crippen molar-refractivity contribution in [1.82, 2.24) is 20.0 Å². The Bertz CT molecular complexity index is 757. The van der Waals surface area contributed by atoms with E-state index in [1.807, 2.05) is 24.3 Å². The fourth-order valence-electron chi connectivity index (χ4n) is 4.57. The van der Waals surface area contributed by atoms with E-state index in [0.29, 0.717) is 17.5 Å². The molecule has 8 heteroatoms. The number of nitrogens with zero attached hydrogens (tertiary/aromatic N) is 4. The number of nitrogens with one attached hydrogen (secondary N) is 1. The number of hydrogen-bond acceptors (Lipinski definition) is 5. The Morgan fingerprint density at radius 3 is 2.57 bits per heavy atom. The molecule has 28 heavy (non-hydrogen) atoms. The third-order valence-corrected chi connectivity index (χ3v) is 6.23. The summed E-state index contributed by atoms with van der Waals surface area (Å²) in [5.74, 6) is 0.314. The van der Waals surface area contributed by atoms with Gasteiger partial charge in [0.15, 0.2) is 0 Å². The molecule has 1 N–H and O–H groups in total. The van der Waals surface area contributed by atoms with Crippen LogP contribution in [0.5, 0.6) is 0 Å². The van der Waals surface area contributed by atoms with Gasteiger partial charge in [-0.15, -0.1) is 0 Å². The normalized spacial score (nSPS) is 30.6. The van der Waals surface area contributed by atoms with Crippen molar-refractivity contribution in [1.29, 1.82) is 0 Å². The van der Waals surface area contributed by atoms with Crippen LogP contribution in [0.25, 0.3) is 0 Å². The van der Waals surface area contributed by atoms with E-state index in [0.717, 1.165) is 31.6 Å². The molecule has 4 atom stereocenters. The number of imide groups is 1. The van der Waals surface area contributed by atoms with Gasteiger partial charge in [0.1, 0.15) is 18.5 Å². The third-order valence-electron chi connectivity index (χ3n) is 5.98. The first-order chi connectivity index (χ1) is 13.4. The Labute approximate surface area is 171 Å². The maximum atomic E-state index is 13.3. The first-order valence-electron chi connectivity index (χ1n) is 10.0. The highest BCUT2D eigenvalue weighted by Gasteiger charge is 2.56. The number of carbonyl (C=O) groups excluding carboxylic acids is 2. The number of halogens is 1. The van der Waals surface area contributed by atoms with Crippen molar-refractivity contribution < 1.29 is 9.59 Å². The summed E-state index contributed by atoms with van der Waals surface area (Å²) < 4.78 is 0. The number of rotatable bonds is 4. The summed E-state index contributed by atoms with van der Waals surface area (Å²) in [4.78, 5) is 33.7.